The van der Waals surface area contributed by atoms with Gasteiger partial charge in [-0.3, -0.25) is 4.90 Å². The second-order valence-corrected chi connectivity index (χ2v) is 5.05. The molecule has 2 nitrogen and oxygen atoms in total. The van der Waals surface area contributed by atoms with Crippen LogP contribution in [0.15, 0.2) is 48.5 Å². The minimum atomic E-state index is 0.633. The van der Waals surface area contributed by atoms with E-state index in [1.165, 1.54) is 11.1 Å². The van der Waals surface area contributed by atoms with Gasteiger partial charge >= 0.3 is 0 Å². The van der Waals surface area contributed by atoms with Gasteiger partial charge in [0.05, 0.1) is 10.7 Å². The van der Waals surface area contributed by atoms with Gasteiger partial charge in [-0.15, -0.1) is 0 Å². The number of hydrogen-bond acceptors (Lipinski definition) is 2. The quantitative estimate of drug-likeness (QED) is 0.837. The summed E-state index contributed by atoms with van der Waals surface area (Å²) in [5.74, 6) is 0. The molecule has 0 saturated carbocycles. The van der Waals surface area contributed by atoms with Gasteiger partial charge in [0.1, 0.15) is 0 Å². The maximum Gasteiger partial charge on any atom is 0.0638 e. The summed E-state index contributed by atoms with van der Waals surface area (Å²) in [7, 11) is 0. The Labute approximate surface area is 119 Å². The first-order chi connectivity index (χ1) is 9.19. The number of benzene rings is 2. The van der Waals surface area contributed by atoms with Crippen molar-refractivity contribution in [2.24, 2.45) is 0 Å². The molecule has 0 fully saturated rings. The Balaban J connectivity index is 2.04. The zero-order chi connectivity index (χ0) is 13.7. The topological polar surface area (TPSA) is 29.3 Å². The van der Waals surface area contributed by atoms with E-state index >= 15 is 0 Å². The molecular weight excluding hydrogens is 256 g/mol. The minimum absolute atomic E-state index is 0.633. The molecule has 0 atom stereocenters. The van der Waals surface area contributed by atoms with Crippen molar-refractivity contribution in [1.29, 1.82) is 0 Å². The van der Waals surface area contributed by atoms with Crippen molar-refractivity contribution in [3.8, 4) is 0 Å². The van der Waals surface area contributed by atoms with Crippen molar-refractivity contribution in [2.75, 3.05) is 12.3 Å². The van der Waals surface area contributed by atoms with Gasteiger partial charge < -0.3 is 5.73 Å². The van der Waals surface area contributed by atoms with Gasteiger partial charge in [0.25, 0.3) is 0 Å². The molecule has 19 heavy (non-hydrogen) atoms. The maximum absolute atomic E-state index is 6.06. The SMILES string of the molecule is CCN(Cc1ccccc1)Cc1ccc(N)c(Cl)c1. The van der Waals surface area contributed by atoms with Crippen LogP contribution in [-0.4, -0.2) is 11.4 Å². The molecule has 2 N–H and O–H groups in total. The molecule has 3 heteroatoms. The molecule has 0 unspecified atom stereocenters. The summed E-state index contributed by atoms with van der Waals surface area (Å²) < 4.78 is 0. The number of halogens is 1. The minimum Gasteiger partial charge on any atom is -0.398 e. The van der Waals surface area contributed by atoms with Crippen molar-refractivity contribution < 1.29 is 0 Å². The fourth-order valence-electron chi connectivity index (χ4n) is 2.05. The predicted molar refractivity (Wildman–Crippen MR) is 82.1 cm³/mol. The van der Waals surface area contributed by atoms with Gasteiger partial charge in [-0.1, -0.05) is 54.9 Å². The lowest BCUT2D eigenvalue weighted by Crippen LogP contribution is -2.22. The summed E-state index contributed by atoms with van der Waals surface area (Å²) in [6.07, 6.45) is 0. The van der Waals surface area contributed by atoms with E-state index in [9.17, 15) is 0 Å². The molecule has 0 radical (unpaired) electrons. The second-order valence-electron chi connectivity index (χ2n) is 4.64. The highest BCUT2D eigenvalue weighted by atomic mass is 35.5. The normalized spacial score (nSPS) is 10.9. The monoisotopic (exact) mass is 274 g/mol. The van der Waals surface area contributed by atoms with Crippen LogP contribution in [-0.2, 0) is 13.1 Å². The molecule has 0 bridgehead atoms. The van der Waals surface area contributed by atoms with Gasteiger partial charge in [-0.05, 0) is 29.8 Å². The van der Waals surface area contributed by atoms with Crippen LogP contribution in [0, 0.1) is 0 Å². The summed E-state index contributed by atoms with van der Waals surface area (Å²) in [6, 6.07) is 16.3. The van der Waals surface area contributed by atoms with Crippen molar-refractivity contribution in [3.05, 3.63) is 64.7 Å². The number of nitrogens with two attached hydrogens (primary N) is 1. The number of hydrogen-bond donors (Lipinski definition) is 1. The van der Waals surface area contributed by atoms with Crippen LogP contribution in [0.2, 0.25) is 5.02 Å². The summed E-state index contributed by atoms with van der Waals surface area (Å²) in [6.45, 7) is 4.99. The Morgan fingerprint density at radius 1 is 1.00 bits per heavy atom. The first kappa shape index (κ1) is 13.9. The van der Waals surface area contributed by atoms with Crippen molar-refractivity contribution in [3.63, 3.8) is 0 Å². The van der Waals surface area contributed by atoms with Crippen LogP contribution in [0.4, 0.5) is 5.69 Å². The van der Waals surface area contributed by atoms with Gasteiger partial charge in [-0.25, -0.2) is 0 Å². The highest BCUT2D eigenvalue weighted by Crippen LogP contribution is 2.21. The highest BCUT2D eigenvalue weighted by molar-refractivity contribution is 6.33. The molecule has 2 aromatic rings. The lowest BCUT2D eigenvalue weighted by atomic mass is 10.1. The van der Waals surface area contributed by atoms with Crippen LogP contribution in [0.1, 0.15) is 18.1 Å². The van der Waals surface area contributed by atoms with Crippen LogP contribution < -0.4 is 5.73 Å². The largest absolute Gasteiger partial charge is 0.398 e. The molecule has 0 aliphatic rings. The van der Waals surface area contributed by atoms with E-state index in [0.29, 0.717) is 10.7 Å². The van der Waals surface area contributed by atoms with Gasteiger partial charge in [0.15, 0.2) is 0 Å². The second kappa shape index (κ2) is 6.60. The molecule has 0 aromatic heterocycles. The lowest BCUT2D eigenvalue weighted by molar-refractivity contribution is 0.271. The third-order valence-corrected chi connectivity index (χ3v) is 3.49. The summed E-state index contributed by atoms with van der Waals surface area (Å²) in [5, 5.41) is 0.633. The average Bonchev–Trinajstić information content (AvgIpc) is 2.43. The Morgan fingerprint density at radius 3 is 2.32 bits per heavy atom. The summed E-state index contributed by atoms with van der Waals surface area (Å²) in [5.41, 5.74) is 8.88. The maximum atomic E-state index is 6.06. The fraction of sp³-hybridized carbons (Fsp3) is 0.250. The van der Waals surface area contributed by atoms with E-state index in [-0.39, 0.29) is 0 Å². The Hall–Kier alpha value is -1.51. The molecule has 0 spiro atoms. The lowest BCUT2D eigenvalue weighted by Gasteiger charge is -2.21. The molecule has 100 valence electrons. The highest BCUT2D eigenvalue weighted by Gasteiger charge is 2.06. The van der Waals surface area contributed by atoms with Crippen molar-refractivity contribution in [1.82, 2.24) is 4.90 Å². The first-order valence-electron chi connectivity index (χ1n) is 6.49. The summed E-state index contributed by atoms with van der Waals surface area (Å²) in [4.78, 5) is 2.37. The Morgan fingerprint density at radius 2 is 1.68 bits per heavy atom. The molecule has 0 aliphatic carbocycles. The molecule has 2 aromatic carbocycles. The predicted octanol–water partition coefficient (Wildman–Crippen LogP) is 3.94. The Kier molecular flexibility index (Phi) is 4.83. The number of nitrogens with zero attached hydrogens (tertiary/aromatic N) is 1. The van der Waals surface area contributed by atoms with Crippen molar-refractivity contribution in [2.45, 2.75) is 20.0 Å². The van der Waals surface area contributed by atoms with E-state index in [4.69, 9.17) is 17.3 Å². The number of nitrogen functional groups attached to an aromatic ring is 1. The van der Waals surface area contributed by atoms with Gasteiger partial charge in [0.2, 0.25) is 0 Å². The molecule has 0 heterocycles. The van der Waals surface area contributed by atoms with E-state index in [1.54, 1.807) is 0 Å². The molecule has 0 amide bonds. The first-order valence-corrected chi connectivity index (χ1v) is 6.87. The molecular formula is C16H19ClN2. The van der Waals surface area contributed by atoms with Crippen LogP contribution in [0.5, 0.6) is 0 Å². The van der Waals surface area contributed by atoms with E-state index in [2.05, 4.69) is 36.1 Å². The molecule has 0 aliphatic heterocycles. The third-order valence-electron chi connectivity index (χ3n) is 3.17. The van der Waals surface area contributed by atoms with E-state index < -0.39 is 0 Å². The zero-order valence-electron chi connectivity index (χ0n) is 11.1. The molecule has 2 rings (SSSR count). The van der Waals surface area contributed by atoms with E-state index in [0.717, 1.165) is 19.6 Å². The number of anilines is 1. The smallest absolute Gasteiger partial charge is 0.0638 e. The van der Waals surface area contributed by atoms with Crippen LogP contribution in [0.3, 0.4) is 0 Å². The fourth-order valence-corrected chi connectivity index (χ4v) is 2.25. The number of rotatable bonds is 5. The standard InChI is InChI=1S/C16H19ClN2/c1-2-19(11-13-6-4-3-5-7-13)12-14-8-9-16(18)15(17)10-14/h3-10H,2,11-12,18H2,1H3. The van der Waals surface area contributed by atoms with E-state index in [1.807, 2.05) is 24.3 Å². The average molecular weight is 275 g/mol. The Bertz CT molecular complexity index is 526. The van der Waals surface area contributed by atoms with Gasteiger partial charge in [0, 0.05) is 13.1 Å². The third kappa shape index (κ3) is 3.98. The zero-order valence-corrected chi connectivity index (χ0v) is 11.9. The molecule has 0 saturated heterocycles. The van der Waals surface area contributed by atoms with Crippen LogP contribution >= 0.6 is 11.6 Å². The summed E-state index contributed by atoms with van der Waals surface area (Å²) >= 11 is 6.06. The van der Waals surface area contributed by atoms with Gasteiger partial charge in [-0.2, -0.15) is 0 Å². The van der Waals surface area contributed by atoms with Crippen molar-refractivity contribution >= 4 is 17.3 Å². The van der Waals surface area contributed by atoms with Crippen LogP contribution in [0.25, 0.3) is 0 Å².